The van der Waals surface area contributed by atoms with Crippen LogP contribution in [0.1, 0.15) is 28.3 Å². The van der Waals surface area contributed by atoms with Crippen molar-refractivity contribution in [2.75, 3.05) is 0 Å². The van der Waals surface area contributed by atoms with E-state index < -0.39 is 23.8 Å². The highest BCUT2D eigenvalue weighted by Gasteiger charge is 2.69. The molecule has 178 valence electrons. The van der Waals surface area contributed by atoms with E-state index >= 15 is 0 Å². The van der Waals surface area contributed by atoms with Crippen LogP contribution in [-0.2, 0) is 20.9 Å². The van der Waals surface area contributed by atoms with Crippen LogP contribution in [0, 0.1) is 29.6 Å². The number of phenolic OH excluding ortho intramolecular Hbond substituents is 1. The number of fused-ring (bicyclic) bond motifs is 9. The van der Waals surface area contributed by atoms with Crippen molar-refractivity contribution < 1.29 is 19.4 Å². The summed E-state index contributed by atoms with van der Waals surface area (Å²) in [6.45, 7) is 0.417. The first-order valence-electron chi connectivity index (χ1n) is 11.6. The van der Waals surface area contributed by atoms with Gasteiger partial charge in [0.2, 0.25) is 0 Å². The second-order valence-corrected chi connectivity index (χ2v) is 12.4. The van der Waals surface area contributed by atoms with Crippen molar-refractivity contribution >= 4 is 46.6 Å². The monoisotopic (exact) mass is 525 g/mol. The molecule has 2 saturated carbocycles. The summed E-state index contributed by atoms with van der Waals surface area (Å²) in [5.41, 5.74) is 1.74. The number of rotatable bonds is 3. The van der Waals surface area contributed by atoms with E-state index in [1.807, 2.05) is 36.4 Å². The lowest BCUT2D eigenvalue weighted by atomic mass is 9.68. The van der Waals surface area contributed by atoms with Crippen LogP contribution in [0.25, 0.3) is 0 Å². The van der Waals surface area contributed by atoms with Gasteiger partial charge in [0.05, 0.1) is 23.4 Å². The molecule has 3 fully saturated rings. The standard InChI is InChI=1S/C26H20ClNO5S2/c27-12-7-5-11(6-8-12)10-28-23-22(35-26(28)32)17(13-3-1-2-4-16(13)29)18-14-9-15(21(18)34-23)20-19(14)24(30)33-25(20)31/h1-8,14-15,17-21,29H,9-10H2/t14-,15+,17+,18+,19+,20+,21-/m0/s1. The summed E-state index contributed by atoms with van der Waals surface area (Å²) < 4.78 is 6.87. The molecule has 1 saturated heterocycles. The van der Waals surface area contributed by atoms with Crippen molar-refractivity contribution in [1.82, 2.24) is 4.57 Å². The summed E-state index contributed by atoms with van der Waals surface area (Å²) in [7, 11) is 0. The summed E-state index contributed by atoms with van der Waals surface area (Å²) >= 11 is 8.93. The number of phenols is 1. The van der Waals surface area contributed by atoms with E-state index in [-0.39, 0.29) is 39.5 Å². The quantitative estimate of drug-likeness (QED) is 0.400. The Kier molecular flexibility index (Phi) is 4.79. The lowest BCUT2D eigenvalue weighted by Crippen LogP contribution is -2.43. The third-order valence-electron chi connectivity index (χ3n) is 8.21. The predicted molar refractivity (Wildman–Crippen MR) is 132 cm³/mol. The molecule has 2 bridgehead atoms. The van der Waals surface area contributed by atoms with Crippen molar-refractivity contribution in [2.24, 2.45) is 29.6 Å². The first-order chi connectivity index (χ1) is 16.9. The number of ether oxygens (including phenoxy) is 1. The number of thiazole rings is 1. The minimum atomic E-state index is -0.419. The summed E-state index contributed by atoms with van der Waals surface area (Å²) in [6, 6.07) is 14.7. The lowest BCUT2D eigenvalue weighted by molar-refractivity contribution is -0.154. The van der Waals surface area contributed by atoms with Gasteiger partial charge in [-0.1, -0.05) is 53.3 Å². The molecule has 0 radical (unpaired) electrons. The number of para-hydroxylation sites is 1. The molecule has 1 aromatic heterocycles. The Morgan fingerprint density at radius 3 is 2.46 bits per heavy atom. The van der Waals surface area contributed by atoms with E-state index in [2.05, 4.69) is 0 Å². The smallest absolute Gasteiger partial charge is 0.317 e. The van der Waals surface area contributed by atoms with Crippen LogP contribution in [0.4, 0.5) is 0 Å². The SMILES string of the molecule is O=C1OC(=O)[C@@H]2[C@H]3C[C@H]([C@@H]12)[C@@H]1[C@@H](c2ccccc2O)c2sc(=O)n(Cc4ccc(Cl)cc4)c2S[C@@H]31. The van der Waals surface area contributed by atoms with Crippen LogP contribution in [-0.4, -0.2) is 26.9 Å². The molecular weight excluding hydrogens is 506 g/mol. The molecule has 35 heavy (non-hydrogen) atoms. The van der Waals surface area contributed by atoms with Crippen molar-refractivity contribution in [1.29, 1.82) is 0 Å². The molecule has 0 unspecified atom stereocenters. The van der Waals surface area contributed by atoms with Crippen LogP contribution < -0.4 is 4.87 Å². The zero-order chi connectivity index (χ0) is 24.0. The molecule has 0 amide bonds. The number of thioether (sulfide) groups is 1. The van der Waals surface area contributed by atoms with E-state index in [0.717, 1.165) is 27.5 Å². The maximum absolute atomic E-state index is 13.3. The van der Waals surface area contributed by atoms with Gasteiger partial charge >= 0.3 is 16.8 Å². The molecule has 7 rings (SSSR count). The second-order valence-electron chi connectivity index (χ2n) is 9.80. The number of carbonyl (C=O) groups excluding carboxylic acids is 2. The molecule has 2 aliphatic heterocycles. The van der Waals surface area contributed by atoms with Crippen molar-refractivity contribution in [2.45, 2.75) is 29.2 Å². The van der Waals surface area contributed by atoms with Gasteiger partial charge in [0.25, 0.3) is 0 Å². The minimum absolute atomic E-state index is 0.0128. The largest absolute Gasteiger partial charge is 0.508 e. The average molecular weight is 526 g/mol. The molecule has 4 aliphatic rings. The number of halogens is 1. The van der Waals surface area contributed by atoms with Gasteiger partial charge < -0.3 is 9.84 Å². The highest BCUT2D eigenvalue weighted by molar-refractivity contribution is 8.00. The van der Waals surface area contributed by atoms with Gasteiger partial charge in [-0.3, -0.25) is 19.0 Å². The molecule has 3 heterocycles. The number of nitrogens with zero attached hydrogens (tertiary/aromatic N) is 1. The predicted octanol–water partition coefficient (Wildman–Crippen LogP) is 4.51. The van der Waals surface area contributed by atoms with Crippen LogP contribution in [0.5, 0.6) is 5.75 Å². The molecule has 2 aromatic carbocycles. The number of hydrogen-bond donors (Lipinski definition) is 1. The topological polar surface area (TPSA) is 85.6 Å². The normalized spacial score (nSPS) is 32.3. The first kappa shape index (κ1) is 21.7. The van der Waals surface area contributed by atoms with Crippen LogP contribution >= 0.6 is 34.7 Å². The zero-order valence-corrected chi connectivity index (χ0v) is 20.7. The van der Waals surface area contributed by atoms with E-state index in [1.165, 1.54) is 11.3 Å². The van der Waals surface area contributed by atoms with Gasteiger partial charge in [-0.15, -0.1) is 11.8 Å². The average Bonchev–Trinajstić information content (AvgIpc) is 3.56. The maximum Gasteiger partial charge on any atom is 0.317 e. The summed E-state index contributed by atoms with van der Waals surface area (Å²) in [6.07, 6.45) is 0.791. The number of aromatic nitrogens is 1. The van der Waals surface area contributed by atoms with Gasteiger partial charge in [-0.2, -0.15) is 0 Å². The van der Waals surface area contributed by atoms with Gasteiger partial charge in [-0.05, 0) is 47.9 Å². The van der Waals surface area contributed by atoms with Crippen LogP contribution in [0.3, 0.4) is 0 Å². The van der Waals surface area contributed by atoms with Gasteiger partial charge in [0.15, 0.2) is 0 Å². The van der Waals surface area contributed by atoms with Gasteiger partial charge in [0, 0.05) is 26.6 Å². The van der Waals surface area contributed by atoms with Crippen molar-refractivity contribution in [3.05, 3.63) is 79.2 Å². The number of benzene rings is 2. The molecular formula is C26H20ClNO5S2. The number of aromatic hydroxyl groups is 1. The Balaban J connectivity index is 1.38. The van der Waals surface area contributed by atoms with E-state index in [0.29, 0.717) is 11.6 Å². The third kappa shape index (κ3) is 3.06. The van der Waals surface area contributed by atoms with E-state index in [9.17, 15) is 19.5 Å². The Labute approximate surface area is 213 Å². The number of cyclic esters (lactones) is 2. The Hall–Kier alpha value is -2.55. The van der Waals surface area contributed by atoms with Crippen LogP contribution in [0.15, 0.2) is 58.4 Å². The highest BCUT2D eigenvalue weighted by Crippen LogP contribution is 2.68. The van der Waals surface area contributed by atoms with Crippen molar-refractivity contribution in [3.63, 3.8) is 0 Å². The molecule has 6 nitrogen and oxygen atoms in total. The summed E-state index contributed by atoms with van der Waals surface area (Å²) in [5.74, 6) is -1.63. The van der Waals surface area contributed by atoms with Gasteiger partial charge in [0.1, 0.15) is 5.75 Å². The molecule has 9 heteroatoms. The summed E-state index contributed by atoms with van der Waals surface area (Å²) in [5, 5.41) is 12.4. The van der Waals surface area contributed by atoms with E-state index in [1.54, 1.807) is 28.5 Å². The second kappa shape index (κ2) is 7.72. The zero-order valence-electron chi connectivity index (χ0n) is 18.3. The first-order valence-corrected chi connectivity index (χ1v) is 13.7. The van der Waals surface area contributed by atoms with Crippen LogP contribution in [0.2, 0.25) is 5.02 Å². The summed E-state index contributed by atoms with van der Waals surface area (Å²) in [4.78, 5) is 39.3. The molecule has 7 atom stereocenters. The third-order valence-corrected chi connectivity index (χ3v) is 11.3. The highest BCUT2D eigenvalue weighted by atomic mass is 35.5. The minimum Gasteiger partial charge on any atom is -0.508 e. The molecule has 1 N–H and O–H groups in total. The van der Waals surface area contributed by atoms with Crippen molar-refractivity contribution in [3.8, 4) is 5.75 Å². The maximum atomic E-state index is 13.3. The Morgan fingerprint density at radius 2 is 1.71 bits per heavy atom. The Morgan fingerprint density at radius 1 is 1.00 bits per heavy atom. The number of hydrogen-bond acceptors (Lipinski definition) is 7. The molecule has 2 aliphatic carbocycles. The fourth-order valence-corrected chi connectivity index (χ4v) is 10.2. The Bertz CT molecular complexity index is 1450. The number of carbonyl (C=O) groups is 2. The fourth-order valence-electron chi connectivity index (χ4n) is 6.92. The fraction of sp³-hybridized carbons (Fsp3) is 0.346. The lowest BCUT2D eigenvalue weighted by Gasteiger charge is -2.43. The molecule has 0 spiro atoms. The molecule has 3 aromatic rings. The number of esters is 2. The van der Waals surface area contributed by atoms with E-state index in [4.69, 9.17) is 16.3 Å². The van der Waals surface area contributed by atoms with Gasteiger partial charge in [-0.25, -0.2) is 0 Å².